The van der Waals surface area contributed by atoms with Gasteiger partial charge < -0.3 is 9.47 Å². The highest BCUT2D eigenvalue weighted by Gasteiger charge is 2.22. The zero-order valence-corrected chi connectivity index (χ0v) is 17.3. The molecule has 0 aliphatic carbocycles. The summed E-state index contributed by atoms with van der Waals surface area (Å²) in [6, 6.07) is 0. The summed E-state index contributed by atoms with van der Waals surface area (Å²) in [6.07, 6.45) is 7.05. The third-order valence-electron chi connectivity index (χ3n) is 4.83. The Morgan fingerprint density at radius 3 is 1.48 bits per heavy atom. The summed E-state index contributed by atoms with van der Waals surface area (Å²) in [5.41, 5.74) is 0. The lowest BCUT2D eigenvalue weighted by Crippen LogP contribution is -2.27. The molecular formula is C21H40O4. The second-order valence-corrected chi connectivity index (χ2v) is 7.29. The third kappa shape index (κ3) is 10.5. The summed E-state index contributed by atoms with van der Waals surface area (Å²) in [5, 5.41) is 0. The monoisotopic (exact) mass is 356 g/mol. The van der Waals surface area contributed by atoms with E-state index in [0.717, 1.165) is 44.9 Å². The number of ether oxygens (including phenoxy) is 2. The fourth-order valence-electron chi connectivity index (χ4n) is 3.29. The molecule has 0 aromatic rings. The molecule has 0 saturated heterocycles. The van der Waals surface area contributed by atoms with E-state index in [1.165, 1.54) is 0 Å². The molecule has 0 radical (unpaired) electrons. The number of rotatable bonds is 14. The van der Waals surface area contributed by atoms with E-state index in [1.807, 2.05) is 6.92 Å². The first-order chi connectivity index (χ1) is 11.9. The van der Waals surface area contributed by atoms with Crippen LogP contribution in [0.4, 0.5) is 0 Å². The standard InChI is InChI=1S/C21H40O4/c1-7-11-16(5)18(10-4)24-20(22)14-15-21(23)25-19(13-9-3)17(6)12-8-2/h16-19H,7-15H2,1-6H3. The van der Waals surface area contributed by atoms with Gasteiger partial charge in [0.2, 0.25) is 0 Å². The van der Waals surface area contributed by atoms with Gasteiger partial charge in [0.15, 0.2) is 0 Å². The van der Waals surface area contributed by atoms with Gasteiger partial charge in [-0.25, -0.2) is 0 Å². The van der Waals surface area contributed by atoms with E-state index >= 15 is 0 Å². The van der Waals surface area contributed by atoms with Gasteiger partial charge in [-0.3, -0.25) is 9.59 Å². The van der Waals surface area contributed by atoms with E-state index < -0.39 is 0 Å². The van der Waals surface area contributed by atoms with Crippen LogP contribution in [0.5, 0.6) is 0 Å². The Balaban J connectivity index is 4.34. The van der Waals surface area contributed by atoms with Crippen LogP contribution < -0.4 is 0 Å². The van der Waals surface area contributed by atoms with Crippen molar-refractivity contribution in [1.29, 1.82) is 0 Å². The molecule has 0 bridgehead atoms. The van der Waals surface area contributed by atoms with Crippen LogP contribution in [-0.2, 0) is 19.1 Å². The fourth-order valence-corrected chi connectivity index (χ4v) is 3.29. The summed E-state index contributed by atoms with van der Waals surface area (Å²) < 4.78 is 11.2. The molecule has 0 fully saturated rings. The number of hydrogen-bond acceptors (Lipinski definition) is 4. The van der Waals surface area contributed by atoms with Gasteiger partial charge in [-0.2, -0.15) is 0 Å². The van der Waals surface area contributed by atoms with Crippen molar-refractivity contribution in [2.45, 2.75) is 112 Å². The number of carbonyl (C=O) groups is 2. The van der Waals surface area contributed by atoms with Crippen molar-refractivity contribution in [2.75, 3.05) is 0 Å². The van der Waals surface area contributed by atoms with Crippen LogP contribution in [0, 0.1) is 11.8 Å². The molecule has 0 saturated carbocycles. The van der Waals surface area contributed by atoms with Gasteiger partial charge >= 0.3 is 11.9 Å². The molecule has 0 aliphatic heterocycles. The lowest BCUT2D eigenvalue weighted by molar-refractivity contribution is -0.159. The van der Waals surface area contributed by atoms with Gasteiger partial charge in [0, 0.05) is 0 Å². The van der Waals surface area contributed by atoms with E-state index in [0.29, 0.717) is 11.8 Å². The molecule has 0 N–H and O–H groups in total. The highest BCUT2D eigenvalue weighted by atomic mass is 16.6. The van der Waals surface area contributed by atoms with E-state index in [1.54, 1.807) is 0 Å². The molecule has 0 aromatic heterocycles. The first-order valence-corrected chi connectivity index (χ1v) is 10.3. The van der Waals surface area contributed by atoms with Crippen LogP contribution in [0.15, 0.2) is 0 Å². The van der Waals surface area contributed by atoms with Gasteiger partial charge in [-0.1, -0.05) is 60.8 Å². The Hall–Kier alpha value is -1.06. The summed E-state index contributed by atoms with van der Waals surface area (Å²) in [5.74, 6) is 0.142. The summed E-state index contributed by atoms with van der Waals surface area (Å²) in [6.45, 7) is 12.6. The number of hydrogen-bond donors (Lipinski definition) is 0. The minimum Gasteiger partial charge on any atom is -0.462 e. The zero-order valence-electron chi connectivity index (χ0n) is 17.3. The predicted octanol–water partition coefficient (Wildman–Crippen LogP) is 5.67. The zero-order chi connectivity index (χ0) is 19.2. The average Bonchev–Trinajstić information content (AvgIpc) is 2.57. The normalized spacial score (nSPS) is 15.9. The van der Waals surface area contributed by atoms with Crippen LogP contribution in [-0.4, -0.2) is 24.1 Å². The van der Waals surface area contributed by atoms with Crippen molar-refractivity contribution in [3.05, 3.63) is 0 Å². The molecule has 148 valence electrons. The van der Waals surface area contributed by atoms with Crippen molar-refractivity contribution in [1.82, 2.24) is 0 Å². The van der Waals surface area contributed by atoms with Gasteiger partial charge in [0.1, 0.15) is 12.2 Å². The molecule has 25 heavy (non-hydrogen) atoms. The van der Waals surface area contributed by atoms with Gasteiger partial charge in [-0.05, 0) is 37.5 Å². The maximum Gasteiger partial charge on any atom is 0.306 e. The van der Waals surface area contributed by atoms with Crippen LogP contribution >= 0.6 is 0 Å². The molecule has 0 spiro atoms. The molecule has 0 rings (SSSR count). The third-order valence-corrected chi connectivity index (χ3v) is 4.83. The van der Waals surface area contributed by atoms with Crippen molar-refractivity contribution in [3.8, 4) is 0 Å². The Bertz CT molecular complexity index is 367. The van der Waals surface area contributed by atoms with Crippen molar-refractivity contribution >= 4 is 11.9 Å². The molecule has 4 unspecified atom stereocenters. The molecule has 4 nitrogen and oxygen atoms in total. The van der Waals surface area contributed by atoms with Crippen molar-refractivity contribution in [3.63, 3.8) is 0 Å². The Kier molecular flexibility index (Phi) is 13.5. The predicted molar refractivity (Wildman–Crippen MR) is 102 cm³/mol. The first-order valence-electron chi connectivity index (χ1n) is 10.3. The van der Waals surface area contributed by atoms with E-state index in [2.05, 4.69) is 34.6 Å². The molecule has 0 heterocycles. The van der Waals surface area contributed by atoms with Gasteiger partial charge in [0.25, 0.3) is 0 Å². The molecule has 4 atom stereocenters. The summed E-state index contributed by atoms with van der Waals surface area (Å²) >= 11 is 0. The smallest absolute Gasteiger partial charge is 0.306 e. The minimum atomic E-state index is -0.291. The highest BCUT2D eigenvalue weighted by Crippen LogP contribution is 2.20. The van der Waals surface area contributed by atoms with Crippen molar-refractivity contribution < 1.29 is 19.1 Å². The van der Waals surface area contributed by atoms with Crippen LogP contribution in [0.25, 0.3) is 0 Å². The molecule has 0 aliphatic rings. The van der Waals surface area contributed by atoms with Crippen LogP contribution in [0.2, 0.25) is 0 Å². The highest BCUT2D eigenvalue weighted by molar-refractivity contribution is 5.77. The summed E-state index contributed by atoms with van der Waals surface area (Å²) in [7, 11) is 0. The van der Waals surface area contributed by atoms with Crippen molar-refractivity contribution in [2.24, 2.45) is 11.8 Å². The van der Waals surface area contributed by atoms with Gasteiger partial charge in [0.05, 0.1) is 12.8 Å². The lowest BCUT2D eigenvalue weighted by Gasteiger charge is -2.24. The topological polar surface area (TPSA) is 52.6 Å². The van der Waals surface area contributed by atoms with Gasteiger partial charge in [-0.15, -0.1) is 0 Å². The van der Waals surface area contributed by atoms with Crippen LogP contribution in [0.1, 0.15) is 99.3 Å². The lowest BCUT2D eigenvalue weighted by atomic mass is 9.96. The molecule has 4 heteroatoms. The van der Waals surface area contributed by atoms with E-state index in [4.69, 9.17) is 9.47 Å². The Labute approximate surface area is 155 Å². The van der Waals surface area contributed by atoms with E-state index in [9.17, 15) is 9.59 Å². The fraction of sp³-hybridized carbons (Fsp3) is 0.905. The quantitative estimate of drug-likeness (QED) is 0.376. The van der Waals surface area contributed by atoms with E-state index in [-0.39, 0.29) is 37.0 Å². The molecule has 0 aromatic carbocycles. The minimum absolute atomic E-state index is 0.0403. The molecule has 0 amide bonds. The first kappa shape index (κ1) is 23.9. The second-order valence-electron chi connectivity index (χ2n) is 7.29. The number of esters is 2. The van der Waals surface area contributed by atoms with Crippen LogP contribution in [0.3, 0.4) is 0 Å². The molecular weight excluding hydrogens is 316 g/mol. The Morgan fingerprint density at radius 1 is 0.680 bits per heavy atom. The second kappa shape index (κ2) is 14.1. The SMILES string of the molecule is CCCC(C)C(CC)OC(=O)CCC(=O)OC(CCC)C(C)CCC. The largest absolute Gasteiger partial charge is 0.462 e. The maximum absolute atomic E-state index is 12.1. The average molecular weight is 357 g/mol. The summed E-state index contributed by atoms with van der Waals surface area (Å²) in [4.78, 5) is 24.1. The maximum atomic E-state index is 12.1. The Morgan fingerprint density at radius 2 is 1.08 bits per heavy atom. The number of carbonyl (C=O) groups excluding carboxylic acids is 2.